The number of nitrogens with zero attached hydrogens (tertiary/aromatic N) is 2. The van der Waals surface area contributed by atoms with Crippen molar-refractivity contribution < 1.29 is 13.5 Å². The van der Waals surface area contributed by atoms with Crippen molar-refractivity contribution in [3.8, 4) is 0 Å². The quantitative estimate of drug-likeness (QED) is 0.604. The number of aliphatic hydroxyl groups is 1. The lowest BCUT2D eigenvalue weighted by molar-refractivity contribution is 0.229. The molecule has 1 aliphatic heterocycles. The summed E-state index contributed by atoms with van der Waals surface area (Å²) >= 11 is 0. The SMILES string of the molecule is C=CCN(CCO)S(=O)(=O)N1CCC(CNC(C)C)CC1. The van der Waals surface area contributed by atoms with Crippen LogP contribution in [0.15, 0.2) is 12.7 Å². The van der Waals surface area contributed by atoms with E-state index in [1.54, 1.807) is 6.08 Å². The van der Waals surface area contributed by atoms with Gasteiger partial charge in [0.15, 0.2) is 0 Å². The Balaban J connectivity index is 2.56. The van der Waals surface area contributed by atoms with E-state index < -0.39 is 10.2 Å². The molecule has 0 unspecified atom stereocenters. The third kappa shape index (κ3) is 5.67. The fourth-order valence-corrected chi connectivity index (χ4v) is 4.07. The Morgan fingerprint density at radius 3 is 2.52 bits per heavy atom. The van der Waals surface area contributed by atoms with E-state index in [2.05, 4.69) is 25.7 Å². The molecule has 0 aliphatic carbocycles. The van der Waals surface area contributed by atoms with Crippen LogP contribution in [0, 0.1) is 5.92 Å². The van der Waals surface area contributed by atoms with E-state index in [1.165, 1.54) is 8.61 Å². The summed E-state index contributed by atoms with van der Waals surface area (Å²) in [6.45, 7) is 10.0. The monoisotopic (exact) mass is 319 g/mol. The van der Waals surface area contributed by atoms with Crippen LogP contribution in [-0.4, -0.2) is 67.5 Å². The highest BCUT2D eigenvalue weighted by Crippen LogP contribution is 2.21. The molecule has 7 heteroatoms. The van der Waals surface area contributed by atoms with Crippen LogP contribution in [0.1, 0.15) is 26.7 Å². The van der Waals surface area contributed by atoms with Gasteiger partial charge in [0.25, 0.3) is 10.2 Å². The van der Waals surface area contributed by atoms with Crippen molar-refractivity contribution in [3.63, 3.8) is 0 Å². The van der Waals surface area contributed by atoms with Crippen molar-refractivity contribution >= 4 is 10.2 Å². The molecule has 1 rings (SSSR count). The largest absolute Gasteiger partial charge is 0.395 e. The zero-order chi connectivity index (χ0) is 15.9. The minimum atomic E-state index is -3.49. The molecule has 0 aromatic rings. The Labute approximate surface area is 129 Å². The van der Waals surface area contributed by atoms with Gasteiger partial charge >= 0.3 is 0 Å². The Morgan fingerprint density at radius 2 is 2.05 bits per heavy atom. The van der Waals surface area contributed by atoms with Gasteiger partial charge < -0.3 is 10.4 Å². The van der Waals surface area contributed by atoms with E-state index in [0.717, 1.165) is 19.4 Å². The summed E-state index contributed by atoms with van der Waals surface area (Å²) in [6.07, 6.45) is 3.30. The minimum absolute atomic E-state index is 0.114. The molecule has 0 atom stereocenters. The average molecular weight is 319 g/mol. The summed E-state index contributed by atoms with van der Waals surface area (Å²) in [5, 5.41) is 12.4. The summed E-state index contributed by atoms with van der Waals surface area (Å²) in [5.74, 6) is 0.532. The summed E-state index contributed by atoms with van der Waals surface area (Å²) in [7, 11) is -3.49. The standard InChI is InChI=1S/C14H29N3O3S/c1-4-7-16(10-11-18)21(19,20)17-8-5-14(6-9-17)12-15-13(2)3/h4,13-15,18H,1,5-12H2,2-3H3. The third-order valence-electron chi connectivity index (χ3n) is 3.72. The first-order valence-corrected chi connectivity index (χ1v) is 9.01. The van der Waals surface area contributed by atoms with Crippen LogP contribution in [0.5, 0.6) is 0 Å². The van der Waals surface area contributed by atoms with Crippen molar-refractivity contribution in [1.82, 2.24) is 13.9 Å². The molecule has 0 aromatic carbocycles. The first kappa shape index (κ1) is 18.6. The highest BCUT2D eigenvalue weighted by molar-refractivity contribution is 7.86. The molecule has 21 heavy (non-hydrogen) atoms. The second-order valence-electron chi connectivity index (χ2n) is 5.78. The van der Waals surface area contributed by atoms with Crippen LogP contribution in [0.25, 0.3) is 0 Å². The van der Waals surface area contributed by atoms with Crippen LogP contribution in [0.4, 0.5) is 0 Å². The summed E-state index contributed by atoms with van der Waals surface area (Å²) < 4.78 is 27.8. The number of aliphatic hydroxyl groups excluding tert-OH is 1. The molecule has 0 aromatic heterocycles. The summed E-state index contributed by atoms with van der Waals surface area (Å²) in [5.41, 5.74) is 0. The Kier molecular flexibility index (Phi) is 7.83. The highest BCUT2D eigenvalue weighted by atomic mass is 32.2. The third-order valence-corrected chi connectivity index (χ3v) is 5.72. The van der Waals surface area contributed by atoms with E-state index in [0.29, 0.717) is 25.0 Å². The smallest absolute Gasteiger partial charge is 0.282 e. The molecule has 124 valence electrons. The highest BCUT2D eigenvalue weighted by Gasteiger charge is 2.32. The zero-order valence-corrected chi connectivity index (χ0v) is 14.0. The molecular formula is C14H29N3O3S. The van der Waals surface area contributed by atoms with Crippen LogP contribution in [0.3, 0.4) is 0 Å². The van der Waals surface area contributed by atoms with Gasteiger partial charge in [-0.3, -0.25) is 0 Å². The molecule has 1 fully saturated rings. The topological polar surface area (TPSA) is 72.9 Å². The van der Waals surface area contributed by atoms with Crippen LogP contribution < -0.4 is 5.32 Å². The Hall–Kier alpha value is -0.470. The molecule has 1 aliphatic rings. The number of hydrogen-bond donors (Lipinski definition) is 2. The molecule has 1 saturated heterocycles. The summed E-state index contributed by atoms with van der Waals surface area (Å²) in [4.78, 5) is 0. The minimum Gasteiger partial charge on any atom is -0.395 e. The normalized spacial score (nSPS) is 18.5. The number of hydrogen-bond acceptors (Lipinski definition) is 4. The van der Waals surface area contributed by atoms with Crippen LogP contribution >= 0.6 is 0 Å². The van der Waals surface area contributed by atoms with Gasteiger partial charge in [0.05, 0.1) is 6.61 Å². The van der Waals surface area contributed by atoms with Gasteiger partial charge in [0, 0.05) is 32.2 Å². The number of piperidine rings is 1. The van der Waals surface area contributed by atoms with Gasteiger partial charge in [-0.2, -0.15) is 17.0 Å². The average Bonchev–Trinajstić information content (AvgIpc) is 2.45. The lowest BCUT2D eigenvalue weighted by Crippen LogP contribution is -2.49. The Morgan fingerprint density at radius 1 is 1.43 bits per heavy atom. The molecule has 6 nitrogen and oxygen atoms in total. The zero-order valence-electron chi connectivity index (χ0n) is 13.2. The van der Waals surface area contributed by atoms with Gasteiger partial charge in [0.1, 0.15) is 0 Å². The van der Waals surface area contributed by atoms with Gasteiger partial charge in [-0.05, 0) is 25.3 Å². The Bertz CT molecular complexity index is 404. The first-order valence-electron chi connectivity index (χ1n) is 7.62. The molecule has 0 spiro atoms. The van der Waals surface area contributed by atoms with E-state index in [-0.39, 0.29) is 19.7 Å². The van der Waals surface area contributed by atoms with Crippen molar-refractivity contribution in [3.05, 3.63) is 12.7 Å². The predicted octanol–water partition coefficient (Wildman–Crippen LogP) is 0.422. The van der Waals surface area contributed by atoms with Crippen molar-refractivity contribution in [1.29, 1.82) is 0 Å². The van der Waals surface area contributed by atoms with Gasteiger partial charge in [-0.25, -0.2) is 0 Å². The molecule has 2 N–H and O–H groups in total. The van der Waals surface area contributed by atoms with E-state index in [9.17, 15) is 8.42 Å². The van der Waals surface area contributed by atoms with Crippen molar-refractivity contribution in [2.45, 2.75) is 32.7 Å². The molecule has 1 heterocycles. The van der Waals surface area contributed by atoms with Gasteiger partial charge in [-0.1, -0.05) is 19.9 Å². The maximum atomic E-state index is 12.5. The van der Waals surface area contributed by atoms with Gasteiger partial charge in [-0.15, -0.1) is 6.58 Å². The number of rotatable bonds is 9. The second kappa shape index (κ2) is 8.85. The fraction of sp³-hybridized carbons (Fsp3) is 0.857. The summed E-state index contributed by atoms with van der Waals surface area (Å²) in [6, 6.07) is 0.458. The number of nitrogens with one attached hydrogen (secondary N) is 1. The van der Waals surface area contributed by atoms with Crippen molar-refractivity contribution in [2.75, 3.05) is 39.3 Å². The lowest BCUT2D eigenvalue weighted by atomic mass is 9.98. The molecular weight excluding hydrogens is 290 g/mol. The predicted molar refractivity (Wildman–Crippen MR) is 85.2 cm³/mol. The molecule has 0 saturated carbocycles. The van der Waals surface area contributed by atoms with Crippen LogP contribution in [0.2, 0.25) is 0 Å². The maximum Gasteiger partial charge on any atom is 0.282 e. The van der Waals surface area contributed by atoms with E-state index in [4.69, 9.17) is 5.11 Å². The molecule has 0 radical (unpaired) electrons. The van der Waals surface area contributed by atoms with E-state index >= 15 is 0 Å². The van der Waals surface area contributed by atoms with E-state index in [1.807, 2.05) is 0 Å². The maximum absolute atomic E-state index is 12.5. The second-order valence-corrected chi connectivity index (χ2v) is 7.71. The lowest BCUT2D eigenvalue weighted by Gasteiger charge is -2.34. The fourth-order valence-electron chi connectivity index (χ4n) is 2.47. The van der Waals surface area contributed by atoms with Crippen LogP contribution in [-0.2, 0) is 10.2 Å². The molecule has 0 amide bonds. The molecule has 0 bridgehead atoms. The first-order chi connectivity index (χ1) is 9.91. The van der Waals surface area contributed by atoms with Crippen molar-refractivity contribution in [2.24, 2.45) is 5.92 Å². The van der Waals surface area contributed by atoms with Gasteiger partial charge in [0.2, 0.25) is 0 Å².